The number of benzene rings is 1. The van der Waals surface area contributed by atoms with Crippen molar-refractivity contribution in [3.05, 3.63) is 35.1 Å². The molecule has 0 bridgehead atoms. The van der Waals surface area contributed by atoms with Gasteiger partial charge in [0.05, 0.1) is 0 Å². The van der Waals surface area contributed by atoms with Crippen LogP contribution in [0.1, 0.15) is 38.3 Å². The van der Waals surface area contributed by atoms with Gasteiger partial charge in [0.2, 0.25) is 0 Å². The maximum Gasteiger partial charge on any atom is 0.123 e. The van der Waals surface area contributed by atoms with E-state index in [-0.39, 0.29) is 11.4 Å². The van der Waals surface area contributed by atoms with E-state index in [1.54, 1.807) is 12.1 Å². The molecule has 0 aliphatic rings. The zero-order valence-electron chi connectivity index (χ0n) is 13.8. The molecule has 3 heteroatoms. The molecule has 1 rings (SSSR count). The van der Waals surface area contributed by atoms with Crippen molar-refractivity contribution in [3.8, 4) is 0 Å². The standard InChI is InChI=1S/C17H29FN2/c1-7-17(4,20(5)6)16(19-8-2)12-14-9-10-15(18)11-13(14)3/h9-11,16,19H,7-8,12H2,1-6H3. The molecule has 0 aliphatic carbocycles. The van der Waals surface area contributed by atoms with E-state index in [0.29, 0.717) is 6.04 Å². The minimum Gasteiger partial charge on any atom is -0.312 e. The highest BCUT2D eigenvalue weighted by molar-refractivity contribution is 5.28. The fourth-order valence-electron chi connectivity index (χ4n) is 2.74. The van der Waals surface area contributed by atoms with Gasteiger partial charge >= 0.3 is 0 Å². The lowest BCUT2D eigenvalue weighted by Gasteiger charge is -2.43. The van der Waals surface area contributed by atoms with Gasteiger partial charge in [-0.3, -0.25) is 0 Å². The van der Waals surface area contributed by atoms with Crippen LogP contribution < -0.4 is 5.32 Å². The molecule has 0 aromatic heterocycles. The largest absolute Gasteiger partial charge is 0.312 e. The molecule has 0 fully saturated rings. The van der Waals surface area contributed by atoms with Crippen molar-refractivity contribution in [3.63, 3.8) is 0 Å². The molecule has 1 N–H and O–H groups in total. The molecule has 0 spiro atoms. The third-order valence-electron chi connectivity index (χ3n) is 4.67. The van der Waals surface area contributed by atoms with E-state index in [0.717, 1.165) is 24.9 Å². The Morgan fingerprint density at radius 1 is 1.30 bits per heavy atom. The average Bonchev–Trinajstić information content (AvgIpc) is 2.39. The molecule has 0 amide bonds. The zero-order chi connectivity index (χ0) is 15.3. The van der Waals surface area contributed by atoms with E-state index in [9.17, 15) is 4.39 Å². The Morgan fingerprint density at radius 3 is 2.40 bits per heavy atom. The number of hydrogen-bond acceptors (Lipinski definition) is 2. The van der Waals surface area contributed by atoms with Crippen LogP contribution in [-0.4, -0.2) is 37.1 Å². The monoisotopic (exact) mass is 280 g/mol. The van der Waals surface area contributed by atoms with E-state index in [1.165, 1.54) is 5.56 Å². The minimum absolute atomic E-state index is 0.0802. The summed E-state index contributed by atoms with van der Waals surface area (Å²) in [4.78, 5) is 2.29. The number of halogens is 1. The van der Waals surface area contributed by atoms with Gasteiger partial charge in [-0.2, -0.15) is 0 Å². The van der Waals surface area contributed by atoms with Gasteiger partial charge in [-0.25, -0.2) is 4.39 Å². The van der Waals surface area contributed by atoms with Gasteiger partial charge < -0.3 is 10.2 Å². The van der Waals surface area contributed by atoms with Gasteiger partial charge in [0.1, 0.15) is 5.82 Å². The second kappa shape index (κ2) is 7.19. The first-order valence-corrected chi connectivity index (χ1v) is 7.51. The Labute approximate surface area is 123 Å². The number of rotatable bonds is 7. The lowest BCUT2D eigenvalue weighted by Crippen LogP contribution is -2.57. The topological polar surface area (TPSA) is 15.3 Å². The van der Waals surface area contributed by atoms with Gasteiger partial charge in [0.15, 0.2) is 0 Å². The number of nitrogens with zero attached hydrogens (tertiary/aromatic N) is 1. The molecule has 0 radical (unpaired) electrons. The van der Waals surface area contributed by atoms with E-state index in [4.69, 9.17) is 0 Å². The molecule has 0 saturated carbocycles. The molecule has 20 heavy (non-hydrogen) atoms. The van der Waals surface area contributed by atoms with E-state index < -0.39 is 0 Å². The molecule has 2 unspecified atom stereocenters. The molecule has 0 heterocycles. The normalized spacial score (nSPS) is 16.2. The Kier molecular flexibility index (Phi) is 6.15. The van der Waals surface area contributed by atoms with Crippen LogP contribution in [0.15, 0.2) is 18.2 Å². The molecule has 2 nitrogen and oxygen atoms in total. The van der Waals surface area contributed by atoms with Crippen molar-refractivity contribution in [2.45, 2.75) is 52.1 Å². The SMILES string of the molecule is CCNC(Cc1ccc(F)cc1C)C(C)(CC)N(C)C. The Morgan fingerprint density at radius 2 is 1.95 bits per heavy atom. The second-order valence-electron chi connectivity index (χ2n) is 5.99. The van der Waals surface area contributed by atoms with Crippen LogP contribution in [0.4, 0.5) is 4.39 Å². The lowest BCUT2D eigenvalue weighted by molar-refractivity contribution is 0.113. The predicted octanol–water partition coefficient (Wildman–Crippen LogP) is 3.39. The van der Waals surface area contributed by atoms with Crippen molar-refractivity contribution in [2.75, 3.05) is 20.6 Å². The summed E-state index contributed by atoms with van der Waals surface area (Å²) in [6.45, 7) is 9.58. The number of aryl methyl sites for hydroxylation is 1. The first-order chi connectivity index (χ1) is 9.35. The maximum atomic E-state index is 13.2. The van der Waals surface area contributed by atoms with Crippen molar-refractivity contribution < 1.29 is 4.39 Å². The van der Waals surface area contributed by atoms with Crippen molar-refractivity contribution in [1.29, 1.82) is 0 Å². The van der Waals surface area contributed by atoms with Crippen LogP contribution in [0.25, 0.3) is 0 Å². The van der Waals surface area contributed by atoms with Crippen LogP contribution in [-0.2, 0) is 6.42 Å². The van der Waals surface area contributed by atoms with E-state index in [2.05, 4.69) is 45.1 Å². The molecular weight excluding hydrogens is 251 g/mol. The summed E-state index contributed by atoms with van der Waals surface area (Å²) in [5.74, 6) is -0.155. The molecule has 1 aromatic carbocycles. The average molecular weight is 280 g/mol. The Balaban J connectivity index is 3.02. The van der Waals surface area contributed by atoms with Gasteiger partial charge in [0, 0.05) is 11.6 Å². The van der Waals surface area contributed by atoms with E-state index in [1.807, 2.05) is 13.0 Å². The van der Waals surface area contributed by atoms with Crippen LogP contribution in [0.5, 0.6) is 0 Å². The number of hydrogen-bond donors (Lipinski definition) is 1. The van der Waals surface area contributed by atoms with E-state index >= 15 is 0 Å². The summed E-state index contributed by atoms with van der Waals surface area (Å²) in [7, 11) is 4.26. The van der Waals surface area contributed by atoms with Gasteiger partial charge in [-0.1, -0.05) is 19.9 Å². The van der Waals surface area contributed by atoms with Crippen molar-refractivity contribution >= 4 is 0 Å². The summed E-state index contributed by atoms with van der Waals surface area (Å²) < 4.78 is 13.2. The fourth-order valence-corrected chi connectivity index (χ4v) is 2.74. The van der Waals surface area contributed by atoms with Crippen LogP contribution in [0, 0.1) is 12.7 Å². The third-order valence-corrected chi connectivity index (χ3v) is 4.67. The van der Waals surface area contributed by atoms with Gasteiger partial charge in [-0.05, 0) is 70.6 Å². The first kappa shape index (κ1) is 17.1. The minimum atomic E-state index is -0.155. The molecule has 0 aliphatic heterocycles. The smallest absolute Gasteiger partial charge is 0.123 e. The number of nitrogens with one attached hydrogen (secondary N) is 1. The first-order valence-electron chi connectivity index (χ1n) is 7.51. The summed E-state index contributed by atoms with van der Waals surface area (Å²) in [5.41, 5.74) is 2.33. The van der Waals surface area contributed by atoms with Crippen LogP contribution >= 0.6 is 0 Å². The van der Waals surface area contributed by atoms with Crippen molar-refractivity contribution in [2.24, 2.45) is 0 Å². The maximum absolute atomic E-state index is 13.2. The third kappa shape index (κ3) is 3.80. The highest BCUT2D eigenvalue weighted by Gasteiger charge is 2.34. The summed E-state index contributed by atoms with van der Waals surface area (Å²) >= 11 is 0. The number of likely N-dealkylation sites (N-methyl/N-ethyl adjacent to an activating group) is 2. The van der Waals surface area contributed by atoms with Gasteiger partial charge in [-0.15, -0.1) is 0 Å². The Bertz CT molecular complexity index is 431. The highest BCUT2D eigenvalue weighted by atomic mass is 19.1. The lowest BCUT2D eigenvalue weighted by atomic mass is 9.83. The molecular formula is C17H29FN2. The van der Waals surface area contributed by atoms with Crippen LogP contribution in [0.3, 0.4) is 0 Å². The Hall–Kier alpha value is -0.930. The quantitative estimate of drug-likeness (QED) is 0.823. The van der Waals surface area contributed by atoms with Gasteiger partial charge in [0.25, 0.3) is 0 Å². The molecule has 0 saturated heterocycles. The highest BCUT2D eigenvalue weighted by Crippen LogP contribution is 2.25. The zero-order valence-corrected chi connectivity index (χ0v) is 13.8. The fraction of sp³-hybridized carbons (Fsp3) is 0.647. The predicted molar refractivity (Wildman–Crippen MR) is 84.7 cm³/mol. The summed E-state index contributed by atoms with van der Waals surface area (Å²) in [6.07, 6.45) is 1.99. The summed E-state index contributed by atoms with van der Waals surface area (Å²) in [5, 5.41) is 3.61. The second-order valence-corrected chi connectivity index (χ2v) is 5.99. The molecule has 1 aromatic rings. The van der Waals surface area contributed by atoms with Crippen LogP contribution in [0.2, 0.25) is 0 Å². The van der Waals surface area contributed by atoms with Crippen molar-refractivity contribution in [1.82, 2.24) is 10.2 Å². The summed E-state index contributed by atoms with van der Waals surface area (Å²) in [6, 6.07) is 5.44. The molecule has 2 atom stereocenters. The molecule has 114 valence electrons.